The maximum absolute atomic E-state index is 12.4. The first-order chi connectivity index (χ1) is 12.5. The van der Waals surface area contributed by atoms with Gasteiger partial charge in [-0.2, -0.15) is 0 Å². The molecule has 0 fully saturated rings. The molecule has 0 radical (unpaired) electrons. The molecule has 0 amide bonds. The number of methoxy groups -OCH3 is 4. The van der Waals surface area contributed by atoms with Crippen molar-refractivity contribution in [3.8, 4) is 11.5 Å². The van der Waals surface area contributed by atoms with Crippen molar-refractivity contribution in [2.24, 2.45) is 0 Å². The third-order valence-corrected chi connectivity index (χ3v) is 3.75. The van der Waals surface area contributed by atoms with E-state index in [1.54, 1.807) is 55.7 Å². The van der Waals surface area contributed by atoms with Gasteiger partial charge in [-0.25, -0.2) is 9.59 Å². The number of benzene rings is 2. The Kier molecular flexibility index (Phi) is 6.38. The molecular weight excluding hydrogens is 336 g/mol. The zero-order chi connectivity index (χ0) is 19.1. The summed E-state index contributed by atoms with van der Waals surface area (Å²) in [7, 11) is 5.64. The van der Waals surface area contributed by atoms with E-state index < -0.39 is 11.9 Å². The number of rotatable bonds is 6. The Morgan fingerprint density at radius 2 is 1.46 bits per heavy atom. The highest BCUT2D eigenvalue weighted by Crippen LogP contribution is 2.30. The second kappa shape index (κ2) is 8.71. The summed E-state index contributed by atoms with van der Waals surface area (Å²) in [5, 5.41) is 0. The van der Waals surface area contributed by atoms with Crippen molar-refractivity contribution in [3.05, 3.63) is 59.2 Å². The smallest absolute Gasteiger partial charge is 0.338 e. The van der Waals surface area contributed by atoms with Crippen LogP contribution in [0.15, 0.2) is 42.5 Å². The molecule has 6 heteroatoms. The van der Waals surface area contributed by atoms with Crippen LogP contribution in [0.1, 0.15) is 21.5 Å². The molecule has 136 valence electrons. The Bertz CT molecular complexity index is 838. The van der Waals surface area contributed by atoms with Crippen LogP contribution in [-0.4, -0.2) is 40.4 Å². The van der Waals surface area contributed by atoms with Crippen LogP contribution in [-0.2, 0) is 14.3 Å². The van der Waals surface area contributed by atoms with Crippen molar-refractivity contribution in [2.45, 2.75) is 0 Å². The van der Waals surface area contributed by atoms with E-state index in [-0.39, 0.29) is 11.1 Å². The van der Waals surface area contributed by atoms with Crippen molar-refractivity contribution in [1.82, 2.24) is 0 Å². The largest absolute Gasteiger partial charge is 0.493 e. The maximum atomic E-state index is 12.4. The van der Waals surface area contributed by atoms with E-state index in [4.69, 9.17) is 18.9 Å². The van der Waals surface area contributed by atoms with Gasteiger partial charge in [-0.3, -0.25) is 0 Å². The third kappa shape index (κ3) is 4.03. The predicted octanol–water partition coefficient (Wildman–Crippen LogP) is 3.20. The minimum absolute atomic E-state index is 0.223. The molecule has 0 aliphatic carbocycles. The summed E-state index contributed by atoms with van der Waals surface area (Å²) >= 11 is 0. The second-order valence-corrected chi connectivity index (χ2v) is 5.20. The molecule has 26 heavy (non-hydrogen) atoms. The Balaban J connectivity index is 2.62. The molecule has 0 heterocycles. The molecule has 0 spiro atoms. The van der Waals surface area contributed by atoms with Gasteiger partial charge in [0.2, 0.25) is 0 Å². The molecule has 2 rings (SSSR count). The number of hydrogen-bond acceptors (Lipinski definition) is 6. The van der Waals surface area contributed by atoms with Gasteiger partial charge < -0.3 is 18.9 Å². The fourth-order valence-electron chi connectivity index (χ4n) is 2.47. The Hall–Kier alpha value is -3.28. The number of carbonyl (C=O) groups excluding carboxylic acids is 2. The summed E-state index contributed by atoms with van der Waals surface area (Å²) in [6.07, 6.45) is 1.62. The molecule has 0 aromatic heterocycles. The van der Waals surface area contributed by atoms with Crippen LogP contribution < -0.4 is 9.47 Å². The highest BCUT2D eigenvalue weighted by Gasteiger charge is 2.20. The van der Waals surface area contributed by atoms with E-state index in [1.807, 2.05) is 0 Å². The van der Waals surface area contributed by atoms with Crippen LogP contribution >= 0.6 is 0 Å². The molecule has 2 aromatic carbocycles. The topological polar surface area (TPSA) is 71.1 Å². The Morgan fingerprint density at radius 3 is 2.04 bits per heavy atom. The molecule has 0 aliphatic rings. The van der Waals surface area contributed by atoms with E-state index in [9.17, 15) is 9.59 Å². The van der Waals surface area contributed by atoms with Crippen molar-refractivity contribution >= 4 is 23.6 Å². The molecule has 2 aromatic rings. The van der Waals surface area contributed by atoms with Crippen LogP contribution in [0.3, 0.4) is 0 Å². The van der Waals surface area contributed by atoms with Gasteiger partial charge in [0.15, 0.2) is 11.5 Å². The Morgan fingerprint density at radius 1 is 0.808 bits per heavy atom. The predicted molar refractivity (Wildman–Crippen MR) is 97.2 cm³/mol. The standard InChI is InChI=1S/C20H20O6/c1-23-17-10-9-13(12-18(17)24-2)11-16(20(22)26-4)14-7-5-6-8-15(14)19(21)25-3/h5-12H,1-4H3/b16-11+. The quantitative estimate of drug-likeness (QED) is 0.450. The average molecular weight is 356 g/mol. The summed E-state index contributed by atoms with van der Waals surface area (Å²) < 4.78 is 20.2. The lowest BCUT2D eigenvalue weighted by Gasteiger charge is -2.12. The van der Waals surface area contributed by atoms with Gasteiger partial charge in [0.25, 0.3) is 0 Å². The van der Waals surface area contributed by atoms with Gasteiger partial charge in [-0.05, 0) is 29.8 Å². The van der Waals surface area contributed by atoms with Gasteiger partial charge >= 0.3 is 11.9 Å². The summed E-state index contributed by atoms with van der Waals surface area (Å²) in [6.45, 7) is 0. The molecule has 6 nitrogen and oxygen atoms in total. The van der Waals surface area contributed by atoms with Crippen molar-refractivity contribution < 1.29 is 28.5 Å². The first-order valence-electron chi connectivity index (χ1n) is 7.75. The normalized spacial score (nSPS) is 10.8. The minimum Gasteiger partial charge on any atom is -0.493 e. The van der Waals surface area contributed by atoms with E-state index in [2.05, 4.69) is 0 Å². The molecular formula is C20H20O6. The molecule has 0 saturated heterocycles. The number of esters is 2. The zero-order valence-corrected chi connectivity index (χ0v) is 15.1. The van der Waals surface area contributed by atoms with Crippen LogP contribution in [0.5, 0.6) is 11.5 Å². The highest BCUT2D eigenvalue weighted by molar-refractivity contribution is 6.23. The summed E-state index contributed by atoms with van der Waals surface area (Å²) in [5.41, 5.74) is 1.59. The lowest BCUT2D eigenvalue weighted by atomic mass is 9.97. The van der Waals surface area contributed by atoms with Crippen LogP contribution in [0.25, 0.3) is 11.6 Å². The van der Waals surface area contributed by atoms with Crippen molar-refractivity contribution in [1.29, 1.82) is 0 Å². The van der Waals surface area contributed by atoms with Gasteiger partial charge in [0, 0.05) is 5.56 Å². The van der Waals surface area contributed by atoms with Crippen molar-refractivity contribution in [2.75, 3.05) is 28.4 Å². The van der Waals surface area contributed by atoms with Crippen LogP contribution in [0.2, 0.25) is 0 Å². The molecule has 0 atom stereocenters. The lowest BCUT2D eigenvalue weighted by molar-refractivity contribution is -0.133. The zero-order valence-electron chi connectivity index (χ0n) is 15.1. The number of carbonyl (C=O) groups is 2. The van der Waals surface area contributed by atoms with E-state index in [0.717, 1.165) is 0 Å². The third-order valence-electron chi connectivity index (χ3n) is 3.75. The molecule has 0 unspecified atom stereocenters. The molecule has 0 bridgehead atoms. The molecule has 0 saturated carbocycles. The van der Waals surface area contributed by atoms with E-state index in [1.165, 1.54) is 21.3 Å². The monoisotopic (exact) mass is 356 g/mol. The molecule has 0 N–H and O–H groups in total. The Labute approximate surface area is 151 Å². The molecule has 0 aliphatic heterocycles. The maximum Gasteiger partial charge on any atom is 0.338 e. The summed E-state index contributed by atoms with van der Waals surface area (Å²) in [6, 6.07) is 11.9. The lowest BCUT2D eigenvalue weighted by Crippen LogP contribution is -2.10. The SMILES string of the molecule is COC(=O)/C(=C/c1ccc(OC)c(OC)c1)c1ccccc1C(=O)OC. The van der Waals surface area contributed by atoms with Crippen LogP contribution in [0, 0.1) is 0 Å². The first kappa shape index (κ1) is 19.1. The van der Waals surface area contributed by atoms with Crippen LogP contribution in [0.4, 0.5) is 0 Å². The second-order valence-electron chi connectivity index (χ2n) is 5.20. The minimum atomic E-state index is -0.573. The van der Waals surface area contributed by atoms with E-state index >= 15 is 0 Å². The van der Waals surface area contributed by atoms with Gasteiger partial charge in [0.05, 0.1) is 39.6 Å². The summed E-state index contributed by atoms with van der Waals surface area (Å²) in [5.74, 6) is -0.0233. The summed E-state index contributed by atoms with van der Waals surface area (Å²) in [4.78, 5) is 24.4. The van der Waals surface area contributed by atoms with Gasteiger partial charge in [-0.1, -0.05) is 24.3 Å². The fourth-order valence-corrected chi connectivity index (χ4v) is 2.47. The number of ether oxygens (including phenoxy) is 4. The first-order valence-corrected chi connectivity index (χ1v) is 7.75. The highest BCUT2D eigenvalue weighted by atomic mass is 16.5. The van der Waals surface area contributed by atoms with Crippen molar-refractivity contribution in [3.63, 3.8) is 0 Å². The fraction of sp³-hybridized carbons (Fsp3) is 0.200. The van der Waals surface area contributed by atoms with E-state index in [0.29, 0.717) is 22.6 Å². The van der Waals surface area contributed by atoms with Gasteiger partial charge in [-0.15, -0.1) is 0 Å². The number of hydrogen-bond donors (Lipinski definition) is 0. The average Bonchev–Trinajstić information content (AvgIpc) is 2.70. The van der Waals surface area contributed by atoms with Gasteiger partial charge in [0.1, 0.15) is 0 Å².